The standard InChI is InChI=1S/C12H15N5S/c13-10-2-1-3-11(15-10)16-5-7-17(8-6-16)12-14-4-9-18-12/h1-4,9H,5-8H2,(H2,13,15). The summed E-state index contributed by atoms with van der Waals surface area (Å²) in [6.45, 7) is 3.86. The maximum Gasteiger partial charge on any atom is 0.185 e. The molecule has 0 saturated carbocycles. The number of piperazine rings is 1. The SMILES string of the molecule is Nc1cccc(N2CCN(c3nccs3)CC2)n1. The molecule has 2 aromatic heterocycles. The van der Waals surface area contributed by atoms with Crippen LogP contribution in [0, 0.1) is 0 Å². The fourth-order valence-corrected chi connectivity index (χ4v) is 2.81. The predicted molar refractivity (Wildman–Crippen MR) is 75.2 cm³/mol. The Morgan fingerprint density at radius 3 is 2.56 bits per heavy atom. The van der Waals surface area contributed by atoms with Gasteiger partial charge in [-0.05, 0) is 12.1 Å². The topological polar surface area (TPSA) is 58.3 Å². The van der Waals surface area contributed by atoms with Crippen molar-refractivity contribution in [2.45, 2.75) is 0 Å². The average Bonchev–Trinajstić information content (AvgIpc) is 2.93. The molecule has 0 spiro atoms. The van der Waals surface area contributed by atoms with Crippen LogP contribution in [0.1, 0.15) is 0 Å². The van der Waals surface area contributed by atoms with Crippen LogP contribution >= 0.6 is 11.3 Å². The monoisotopic (exact) mass is 261 g/mol. The van der Waals surface area contributed by atoms with Gasteiger partial charge in [0.2, 0.25) is 0 Å². The largest absolute Gasteiger partial charge is 0.384 e. The fraction of sp³-hybridized carbons (Fsp3) is 0.333. The molecule has 0 amide bonds. The van der Waals surface area contributed by atoms with E-state index in [4.69, 9.17) is 5.73 Å². The Kier molecular flexibility index (Phi) is 3.02. The van der Waals surface area contributed by atoms with Crippen LogP contribution in [0.5, 0.6) is 0 Å². The summed E-state index contributed by atoms with van der Waals surface area (Å²) in [6.07, 6.45) is 1.85. The molecule has 3 rings (SSSR count). The number of rotatable bonds is 2. The van der Waals surface area contributed by atoms with E-state index >= 15 is 0 Å². The molecule has 2 N–H and O–H groups in total. The molecular weight excluding hydrogens is 246 g/mol. The lowest BCUT2D eigenvalue weighted by Crippen LogP contribution is -2.46. The van der Waals surface area contributed by atoms with Gasteiger partial charge in [-0.2, -0.15) is 0 Å². The second kappa shape index (κ2) is 4.81. The van der Waals surface area contributed by atoms with E-state index in [1.165, 1.54) is 0 Å². The van der Waals surface area contributed by atoms with E-state index in [-0.39, 0.29) is 0 Å². The maximum atomic E-state index is 5.71. The summed E-state index contributed by atoms with van der Waals surface area (Å²) in [5, 5.41) is 3.12. The van der Waals surface area contributed by atoms with Gasteiger partial charge in [0, 0.05) is 37.8 Å². The van der Waals surface area contributed by atoms with E-state index in [1.807, 2.05) is 29.8 Å². The lowest BCUT2D eigenvalue weighted by atomic mass is 10.3. The highest BCUT2D eigenvalue weighted by atomic mass is 32.1. The lowest BCUT2D eigenvalue weighted by molar-refractivity contribution is 0.646. The van der Waals surface area contributed by atoms with Crippen molar-refractivity contribution in [1.29, 1.82) is 0 Å². The Morgan fingerprint density at radius 2 is 1.89 bits per heavy atom. The summed E-state index contributed by atoms with van der Waals surface area (Å²) in [6, 6.07) is 5.77. The van der Waals surface area contributed by atoms with E-state index < -0.39 is 0 Å². The van der Waals surface area contributed by atoms with Crippen LogP contribution in [0.25, 0.3) is 0 Å². The first-order valence-electron chi connectivity index (χ1n) is 5.95. The molecule has 5 nitrogen and oxygen atoms in total. The van der Waals surface area contributed by atoms with Crippen molar-refractivity contribution in [3.8, 4) is 0 Å². The Labute approximate surface area is 110 Å². The van der Waals surface area contributed by atoms with Crippen molar-refractivity contribution >= 4 is 28.1 Å². The van der Waals surface area contributed by atoms with Gasteiger partial charge in [0.15, 0.2) is 5.13 Å². The Hall–Kier alpha value is -1.82. The molecular formula is C12H15N5S. The molecule has 1 aliphatic rings. The Balaban J connectivity index is 1.67. The van der Waals surface area contributed by atoms with Crippen molar-refractivity contribution in [3.63, 3.8) is 0 Å². The molecule has 0 radical (unpaired) electrons. The van der Waals surface area contributed by atoms with Gasteiger partial charge in [-0.1, -0.05) is 6.07 Å². The van der Waals surface area contributed by atoms with Crippen molar-refractivity contribution in [2.24, 2.45) is 0 Å². The van der Waals surface area contributed by atoms with E-state index in [0.29, 0.717) is 5.82 Å². The summed E-state index contributed by atoms with van der Waals surface area (Å²) in [5.41, 5.74) is 5.71. The molecule has 0 aromatic carbocycles. The number of nitrogens with two attached hydrogens (primary N) is 1. The van der Waals surface area contributed by atoms with E-state index in [1.54, 1.807) is 11.3 Å². The van der Waals surface area contributed by atoms with Crippen LogP contribution in [0.15, 0.2) is 29.8 Å². The molecule has 0 bridgehead atoms. The third kappa shape index (κ3) is 2.24. The van der Waals surface area contributed by atoms with Crippen molar-refractivity contribution in [3.05, 3.63) is 29.8 Å². The first-order valence-corrected chi connectivity index (χ1v) is 6.83. The first kappa shape index (κ1) is 11.3. The fourth-order valence-electron chi connectivity index (χ4n) is 2.11. The van der Waals surface area contributed by atoms with Gasteiger partial charge >= 0.3 is 0 Å². The molecule has 2 aromatic rings. The predicted octanol–water partition coefficient (Wildman–Crippen LogP) is 1.45. The molecule has 0 atom stereocenters. The van der Waals surface area contributed by atoms with Crippen LogP contribution in [0.2, 0.25) is 0 Å². The lowest BCUT2D eigenvalue weighted by Gasteiger charge is -2.35. The summed E-state index contributed by atoms with van der Waals surface area (Å²) >= 11 is 1.69. The van der Waals surface area contributed by atoms with E-state index in [9.17, 15) is 0 Å². The summed E-state index contributed by atoms with van der Waals surface area (Å²) < 4.78 is 0. The minimum Gasteiger partial charge on any atom is -0.384 e. The summed E-state index contributed by atoms with van der Waals surface area (Å²) in [5.74, 6) is 1.55. The minimum atomic E-state index is 0.579. The molecule has 94 valence electrons. The molecule has 6 heteroatoms. The third-order valence-electron chi connectivity index (χ3n) is 3.05. The summed E-state index contributed by atoms with van der Waals surface area (Å²) in [4.78, 5) is 13.3. The van der Waals surface area contributed by atoms with Crippen molar-refractivity contribution in [1.82, 2.24) is 9.97 Å². The number of hydrogen-bond acceptors (Lipinski definition) is 6. The molecule has 1 saturated heterocycles. The van der Waals surface area contributed by atoms with E-state index in [2.05, 4.69) is 19.8 Å². The number of thiazole rings is 1. The number of hydrogen-bond donors (Lipinski definition) is 1. The molecule has 0 unspecified atom stereocenters. The third-order valence-corrected chi connectivity index (χ3v) is 3.88. The highest BCUT2D eigenvalue weighted by molar-refractivity contribution is 7.13. The number of nitrogen functional groups attached to an aromatic ring is 1. The highest BCUT2D eigenvalue weighted by Crippen LogP contribution is 2.21. The van der Waals surface area contributed by atoms with Gasteiger partial charge in [0.1, 0.15) is 11.6 Å². The van der Waals surface area contributed by atoms with Crippen LogP contribution in [-0.4, -0.2) is 36.1 Å². The average molecular weight is 261 g/mol. The number of aromatic nitrogens is 2. The van der Waals surface area contributed by atoms with Gasteiger partial charge in [-0.25, -0.2) is 9.97 Å². The molecule has 1 aliphatic heterocycles. The van der Waals surface area contributed by atoms with Crippen LogP contribution in [0.4, 0.5) is 16.8 Å². The number of anilines is 3. The van der Waals surface area contributed by atoms with Gasteiger partial charge in [-0.15, -0.1) is 11.3 Å². The van der Waals surface area contributed by atoms with Crippen molar-refractivity contribution < 1.29 is 0 Å². The zero-order valence-electron chi connectivity index (χ0n) is 9.99. The number of nitrogens with zero attached hydrogens (tertiary/aromatic N) is 4. The van der Waals surface area contributed by atoms with Crippen molar-refractivity contribution in [2.75, 3.05) is 41.7 Å². The quantitative estimate of drug-likeness (QED) is 0.886. The smallest absolute Gasteiger partial charge is 0.185 e. The highest BCUT2D eigenvalue weighted by Gasteiger charge is 2.19. The second-order valence-corrected chi connectivity index (χ2v) is 5.08. The zero-order valence-corrected chi connectivity index (χ0v) is 10.8. The molecule has 1 fully saturated rings. The van der Waals surface area contributed by atoms with Crippen LogP contribution < -0.4 is 15.5 Å². The van der Waals surface area contributed by atoms with Crippen LogP contribution in [0.3, 0.4) is 0 Å². The van der Waals surface area contributed by atoms with Gasteiger partial charge in [0.25, 0.3) is 0 Å². The molecule has 0 aliphatic carbocycles. The Bertz CT molecular complexity index is 505. The van der Waals surface area contributed by atoms with E-state index in [0.717, 1.165) is 37.1 Å². The normalized spacial score (nSPS) is 16.0. The number of pyridine rings is 1. The minimum absolute atomic E-state index is 0.579. The Morgan fingerprint density at radius 1 is 1.11 bits per heavy atom. The molecule has 18 heavy (non-hydrogen) atoms. The van der Waals surface area contributed by atoms with Gasteiger partial charge in [-0.3, -0.25) is 0 Å². The zero-order chi connectivity index (χ0) is 12.4. The second-order valence-electron chi connectivity index (χ2n) is 4.21. The summed E-state index contributed by atoms with van der Waals surface area (Å²) in [7, 11) is 0. The maximum absolute atomic E-state index is 5.71. The molecule has 3 heterocycles. The van der Waals surface area contributed by atoms with Gasteiger partial charge < -0.3 is 15.5 Å². The van der Waals surface area contributed by atoms with Crippen LogP contribution in [-0.2, 0) is 0 Å². The first-order chi connectivity index (χ1) is 8.83. The van der Waals surface area contributed by atoms with Gasteiger partial charge in [0.05, 0.1) is 0 Å².